The number of hydrogen-bond donors (Lipinski definition) is 1. The fourth-order valence-electron chi connectivity index (χ4n) is 1.25. The summed E-state index contributed by atoms with van der Waals surface area (Å²) in [4.78, 5) is 16.4. The summed E-state index contributed by atoms with van der Waals surface area (Å²) in [5.41, 5.74) is 0. The molecule has 1 saturated heterocycles. The molecule has 13 heavy (non-hydrogen) atoms. The second-order valence-electron chi connectivity index (χ2n) is 3.74. The Labute approximate surface area is 79.2 Å². The van der Waals surface area contributed by atoms with Crippen LogP contribution in [0.25, 0.3) is 0 Å². The van der Waals surface area contributed by atoms with Gasteiger partial charge in [-0.15, -0.1) is 5.06 Å². The molecule has 0 saturated carbocycles. The SMILES string of the molecule is CC(C)CC(=O)ON1CCNCC1. The van der Waals surface area contributed by atoms with Gasteiger partial charge in [-0.1, -0.05) is 13.8 Å². The van der Waals surface area contributed by atoms with E-state index in [9.17, 15) is 4.79 Å². The van der Waals surface area contributed by atoms with Gasteiger partial charge in [0.2, 0.25) is 0 Å². The third kappa shape index (κ3) is 4.24. The summed E-state index contributed by atoms with van der Waals surface area (Å²) in [5, 5.41) is 4.93. The summed E-state index contributed by atoms with van der Waals surface area (Å²) in [6.07, 6.45) is 0.504. The highest BCUT2D eigenvalue weighted by Gasteiger charge is 2.15. The smallest absolute Gasteiger partial charge is 0.325 e. The molecule has 1 rings (SSSR count). The van der Waals surface area contributed by atoms with Gasteiger partial charge in [-0.2, -0.15) is 0 Å². The van der Waals surface area contributed by atoms with Crippen molar-refractivity contribution in [2.24, 2.45) is 5.92 Å². The standard InChI is InChI=1S/C9H18N2O2/c1-8(2)7-9(12)13-11-5-3-10-4-6-11/h8,10H,3-7H2,1-2H3. The molecule has 0 aromatic carbocycles. The number of rotatable bonds is 3. The zero-order valence-corrected chi connectivity index (χ0v) is 8.38. The second-order valence-corrected chi connectivity index (χ2v) is 3.74. The molecule has 0 aromatic rings. The summed E-state index contributed by atoms with van der Waals surface area (Å²) in [6, 6.07) is 0. The lowest BCUT2D eigenvalue weighted by atomic mass is 10.1. The Bertz CT molecular complexity index is 165. The van der Waals surface area contributed by atoms with Gasteiger partial charge in [0.1, 0.15) is 0 Å². The number of carbonyl (C=O) groups is 1. The Morgan fingerprint density at radius 2 is 2.08 bits per heavy atom. The van der Waals surface area contributed by atoms with Crippen LogP contribution in [-0.4, -0.2) is 37.2 Å². The minimum atomic E-state index is -0.114. The van der Waals surface area contributed by atoms with Crippen LogP contribution in [0.1, 0.15) is 20.3 Å². The molecule has 4 nitrogen and oxygen atoms in total. The van der Waals surface area contributed by atoms with Crippen LogP contribution in [0.15, 0.2) is 0 Å². The van der Waals surface area contributed by atoms with E-state index in [4.69, 9.17) is 4.84 Å². The first kappa shape index (κ1) is 10.5. The maximum Gasteiger partial charge on any atom is 0.325 e. The maximum atomic E-state index is 11.2. The summed E-state index contributed by atoms with van der Waals surface area (Å²) < 4.78 is 0. The quantitative estimate of drug-likeness (QED) is 0.692. The number of nitrogens with zero attached hydrogens (tertiary/aromatic N) is 1. The summed E-state index contributed by atoms with van der Waals surface area (Å²) in [7, 11) is 0. The van der Waals surface area contributed by atoms with Gasteiger partial charge in [0.25, 0.3) is 0 Å². The molecular formula is C9H18N2O2. The second kappa shape index (κ2) is 5.19. The maximum absolute atomic E-state index is 11.2. The van der Waals surface area contributed by atoms with E-state index < -0.39 is 0 Å². The molecule has 1 fully saturated rings. The molecule has 0 amide bonds. The first-order valence-electron chi connectivity index (χ1n) is 4.85. The fourth-order valence-corrected chi connectivity index (χ4v) is 1.25. The fraction of sp³-hybridized carbons (Fsp3) is 0.889. The van der Waals surface area contributed by atoms with E-state index in [0.717, 1.165) is 26.2 Å². The van der Waals surface area contributed by atoms with Gasteiger partial charge in [0, 0.05) is 32.6 Å². The van der Waals surface area contributed by atoms with Gasteiger partial charge in [-0.25, -0.2) is 0 Å². The molecule has 76 valence electrons. The van der Waals surface area contributed by atoms with Crippen LogP contribution in [0.2, 0.25) is 0 Å². The molecule has 0 spiro atoms. The number of nitrogens with one attached hydrogen (secondary N) is 1. The van der Waals surface area contributed by atoms with Crippen molar-refractivity contribution in [3.63, 3.8) is 0 Å². The molecule has 0 radical (unpaired) electrons. The monoisotopic (exact) mass is 186 g/mol. The summed E-state index contributed by atoms with van der Waals surface area (Å²) in [6.45, 7) is 7.41. The highest BCUT2D eigenvalue weighted by Crippen LogP contribution is 2.03. The van der Waals surface area contributed by atoms with Crippen LogP contribution >= 0.6 is 0 Å². The van der Waals surface area contributed by atoms with Crippen LogP contribution in [-0.2, 0) is 9.63 Å². The molecule has 0 atom stereocenters. The van der Waals surface area contributed by atoms with Crippen LogP contribution in [0.3, 0.4) is 0 Å². The predicted octanol–water partition coefficient (Wildman–Crippen LogP) is 0.396. The summed E-state index contributed by atoms with van der Waals surface area (Å²) in [5.74, 6) is 0.257. The molecule has 1 heterocycles. The first-order chi connectivity index (χ1) is 6.18. The Balaban J connectivity index is 2.18. The van der Waals surface area contributed by atoms with Crippen molar-refractivity contribution >= 4 is 5.97 Å². The average Bonchev–Trinajstić information content (AvgIpc) is 2.04. The first-order valence-corrected chi connectivity index (χ1v) is 4.85. The van der Waals surface area contributed by atoms with Gasteiger partial charge in [-0.05, 0) is 5.92 Å². The lowest BCUT2D eigenvalue weighted by Gasteiger charge is -2.25. The van der Waals surface area contributed by atoms with E-state index in [2.05, 4.69) is 5.32 Å². The molecule has 0 aromatic heterocycles. The molecule has 4 heteroatoms. The van der Waals surface area contributed by atoms with Gasteiger partial charge < -0.3 is 10.2 Å². The molecule has 1 N–H and O–H groups in total. The van der Waals surface area contributed by atoms with Crippen LogP contribution in [0.4, 0.5) is 0 Å². The highest BCUT2D eigenvalue weighted by molar-refractivity contribution is 5.69. The van der Waals surface area contributed by atoms with E-state index in [1.807, 2.05) is 13.8 Å². The van der Waals surface area contributed by atoms with Crippen molar-refractivity contribution in [1.29, 1.82) is 0 Å². The van der Waals surface area contributed by atoms with Crippen molar-refractivity contribution in [2.45, 2.75) is 20.3 Å². The van der Waals surface area contributed by atoms with Crippen molar-refractivity contribution < 1.29 is 9.63 Å². The number of hydroxylamine groups is 2. The normalized spacial score (nSPS) is 19.0. The van der Waals surface area contributed by atoms with Crippen molar-refractivity contribution in [3.05, 3.63) is 0 Å². The minimum absolute atomic E-state index is 0.114. The van der Waals surface area contributed by atoms with Crippen molar-refractivity contribution in [3.8, 4) is 0 Å². The molecule has 1 aliphatic heterocycles. The lowest BCUT2D eigenvalue weighted by molar-refractivity contribution is -0.193. The van der Waals surface area contributed by atoms with E-state index in [-0.39, 0.29) is 5.97 Å². The Morgan fingerprint density at radius 1 is 1.46 bits per heavy atom. The Morgan fingerprint density at radius 3 is 2.62 bits per heavy atom. The van der Waals surface area contributed by atoms with Gasteiger partial charge >= 0.3 is 5.97 Å². The van der Waals surface area contributed by atoms with Crippen LogP contribution in [0.5, 0.6) is 0 Å². The van der Waals surface area contributed by atoms with Crippen LogP contribution < -0.4 is 5.32 Å². The third-order valence-corrected chi connectivity index (χ3v) is 1.88. The number of piperazine rings is 1. The number of carbonyl (C=O) groups excluding carboxylic acids is 1. The van der Waals surface area contributed by atoms with Crippen molar-refractivity contribution in [1.82, 2.24) is 10.4 Å². The number of hydrogen-bond acceptors (Lipinski definition) is 4. The third-order valence-electron chi connectivity index (χ3n) is 1.88. The summed E-state index contributed by atoms with van der Waals surface area (Å²) >= 11 is 0. The zero-order chi connectivity index (χ0) is 9.68. The highest BCUT2D eigenvalue weighted by atomic mass is 16.7. The molecular weight excluding hydrogens is 168 g/mol. The molecule has 1 aliphatic rings. The van der Waals surface area contributed by atoms with Gasteiger partial charge in [-0.3, -0.25) is 4.79 Å². The molecule has 0 aliphatic carbocycles. The van der Waals surface area contributed by atoms with Gasteiger partial charge in [0.15, 0.2) is 0 Å². The lowest BCUT2D eigenvalue weighted by Crippen LogP contribution is -2.44. The molecule has 0 bridgehead atoms. The predicted molar refractivity (Wildman–Crippen MR) is 50.0 cm³/mol. The average molecular weight is 186 g/mol. The zero-order valence-electron chi connectivity index (χ0n) is 8.38. The van der Waals surface area contributed by atoms with Crippen LogP contribution in [0, 0.1) is 5.92 Å². The van der Waals surface area contributed by atoms with Gasteiger partial charge in [0.05, 0.1) is 0 Å². The van der Waals surface area contributed by atoms with Crippen molar-refractivity contribution in [2.75, 3.05) is 26.2 Å². The van der Waals surface area contributed by atoms with E-state index >= 15 is 0 Å². The Hall–Kier alpha value is -0.610. The minimum Gasteiger partial charge on any atom is -0.368 e. The van der Waals surface area contributed by atoms with E-state index in [1.54, 1.807) is 5.06 Å². The van der Waals surface area contributed by atoms with E-state index in [1.165, 1.54) is 0 Å². The molecule has 0 unspecified atom stereocenters. The largest absolute Gasteiger partial charge is 0.368 e. The van der Waals surface area contributed by atoms with E-state index in [0.29, 0.717) is 12.3 Å². The topological polar surface area (TPSA) is 41.6 Å². The Kier molecular flexibility index (Phi) is 4.18.